The molecule has 0 bridgehead atoms. The predicted octanol–water partition coefficient (Wildman–Crippen LogP) is 4.70. The van der Waals surface area contributed by atoms with E-state index in [0.29, 0.717) is 14.8 Å². The molecule has 96 valence electrons. The van der Waals surface area contributed by atoms with Gasteiger partial charge in [0.25, 0.3) is 0 Å². The van der Waals surface area contributed by atoms with E-state index in [4.69, 9.17) is 35.4 Å². The second-order valence-corrected chi connectivity index (χ2v) is 5.42. The van der Waals surface area contributed by atoms with Crippen molar-refractivity contribution >= 4 is 46.6 Å². The highest BCUT2D eigenvalue weighted by Gasteiger charge is 2.11. The van der Waals surface area contributed by atoms with Gasteiger partial charge in [-0.05, 0) is 49.5 Å². The van der Waals surface area contributed by atoms with E-state index < -0.39 is 0 Å². The maximum Gasteiger partial charge on any atom is 0.184 e. The Labute approximate surface area is 124 Å². The van der Waals surface area contributed by atoms with E-state index in [1.54, 1.807) is 22.8 Å². The molecule has 3 nitrogen and oxygen atoms in total. The van der Waals surface area contributed by atoms with Crippen LogP contribution >= 0.6 is 35.4 Å². The van der Waals surface area contributed by atoms with Crippen molar-refractivity contribution in [1.82, 2.24) is 14.5 Å². The average molecular weight is 310 g/mol. The molecule has 3 rings (SSSR count). The minimum absolute atomic E-state index is 0.539. The molecule has 6 heteroatoms. The second-order valence-electron chi connectivity index (χ2n) is 4.19. The molecule has 19 heavy (non-hydrogen) atoms. The molecule has 2 heterocycles. The van der Waals surface area contributed by atoms with Crippen LogP contribution in [0.5, 0.6) is 0 Å². The first kappa shape index (κ1) is 12.7. The summed E-state index contributed by atoms with van der Waals surface area (Å²) in [6, 6.07) is 9.14. The summed E-state index contributed by atoms with van der Waals surface area (Å²) in [6.45, 7) is 1.93. The molecule has 0 spiro atoms. The summed E-state index contributed by atoms with van der Waals surface area (Å²) in [5, 5.41) is 1.17. The van der Waals surface area contributed by atoms with E-state index in [0.717, 1.165) is 22.5 Å². The monoisotopic (exact) mass is 309 g/mol. The van der Waals surface area contributed by atoms with Crippen LogP contribution in [0.2, 0.25) is 10.0 Å². The molecule has 1 aromatic carbocycles. The number of pyridine rings is 1. The van der Waals surface area contributed by atoms with Crippen LogP contribution in [-0.2, 0) is 0 Å². The van der Waals surface area contributed by atoms with Crippen molar-refractivity contribution in [2.24, 2.45) is 0 Å². The Balaban J connectivity index is 2.42. The summed E-state index contributed by atoms with van der Waals surface area (Å²) < 4.78 is 2.34. The first-order valence-electron chi connectivity index (χ1n) is 5.60. The lowest BCUT2D eigenvalue weighted by Crippen LogP contribution is -1.97. The van der Waals surface area contributed by atoms with Gasteiger partial charge in [-0.25, -0.2) is 4.98 Å². The minimum atomic E-state index is 0.539. The molecule has 3 aromatic rings. The van der Waals surface area contributed by atoms with Crippen molar-refractivity contribution in [3.8, 4) is 5.69 Å². The summed E-state index contributed by atoms with van der Waals surface area (Å²) in [7, 11) is 0. The number of nitrogens with zero attached hydrogens (tertiary/aromatic N) is 2. The summed E-state index contributed by atoms with van der Waals surface area (Å²) >= 11 is 17.6. The maximum atomic E-state index is 6.23. The normalized spacial score (nSPS) is 11.1. The van der Waals surface area contributed by atoms with Gasteiger partial charge in [0.2, 0.25) is 0 Å². The maximum absolute atomic E-state index is 6.23. The van der Waals surface area contributed by atoms with Gasteiger partial charge in [0.15, 0.2) is 10.4 Å². The number of halogens is 2. The minimum Gasteiger partial charge on any atom is -0.329 e. The summed E-state index contributed by atoms with van der Waals surface area (Å²) in [6.07, 6.45) is 0. The van der Waals surface area contributed by atoms with E-state index in [2.05, 4.69) is 9.97 Å². The number of aryl methyl sites for hydroxylation is 1. The summed E-state index contributed by atoms with van der Waals surface area (Å²) in [5.74, 6) is 0. The van der Waals surface area contributed by atoms with E-state index in [1.807, 2.05) is 19.1 Å². The Hall–Kier alpha value is -1.36. The van der Waals surface area contributed by atoms with Gasteiger partial charge < -0.3 is 4.98 Å². The van der Waals surface area contributed by atoms with Gasteiger partial charge in [-0.2, -0.15) is 0 Å². The fraction of sp³-hybridized carbons (Fsp3) is 0.0769. The van der Waals surface area contributed by atoms with Crippen LogP contribution in [0.25, 0.3) is 16.9 Å². The Morgan fingerprint density at radius 1 is 1.21 bits per heavy atom. The topological polar surface area (TPSA) is 33.6 Å². The van der Waals surface area contributed by atoms with Crippen LogP contribution in [-0.4, -0.2) is 14.5 Å². The molecular weight excluding hydrogens is 301 g/mol. The molecule has 1 N–H and O–H groups in total. The molecule has 0 saturated carbocycles. The number of hydrogen-bond donors (Lipinski definition) is 1. The van der Waals surface area contributed by atoms with Gasteiger partial charge in [0.1, 0.15) is 0 Å². The van der Waals surface area contributed by atoms with E-state index in [1.165, 1.54) is 0 Å². The standard InChI is InChI=1S/C13H9Cl2N3S/c1-7-2-5-10-12(16-7)18(13(19)17-10)11-6-8(14)3-4-9(11)15/h2-6H,1H3,(H,17,19). The van der Waals surface area contributed by atoms with Crippen LogP contribution in [0.4, 0.5) is 0 Å². The van der Waals surface area contributed by atoms with Crippen molar-refractivity contribution < 1.29 is 0 Å². The predicted molar refractivity (Wildman–Crippen MR) is 81.0 cm³/mol. The van der Waals surface area contributed by atoms with Gasteiger partial charge in [0, 0.05) is 10.7 Å². The molecule has 0 fully saturated rings. The third kappa shape index (κ3) is 2.16. The lowest BCUT2D eigenvalue weighted by atomic mass is 10.3. The van der Waals surface area contributed by atoms with E-state index in [9.17, 15) is 0 Å². The van der Waals surface area contributed by atoms with Gasteiger partial charge in [-0.15, -0.1) is 0 Å². The number of aromatic nitrogens is 3. The van der Waals surface area contributed by atoms with Crippen molar-refractivity contribution in [2.75, 3.05) is 0 Å². The van der Waals surface area contributed by atoms with Crippen LogP contribution in [0.1, 0.15) is 5.69 Å². The number of aromatic amines is 1. The number of benzene rings is 1. The molecule has 0 atom stereocenters. The highest BCUT2D eigenvalue weighted by molar-refractivity contribution is 7.71. The Kier molecular flexibility index (Phi) is 3.09. The highest BCUT2D eigenvalue weighted by atomic mass is 35.5. The van der Waals surface area contributed by atoms with Crippen molar-refractivity contribution in [3.63, 3.8) is 0 Å². The molecule has 0 amide bonds. The molecule has 0 radical (unpaired) electrons. The molecule has 0 aliphatic heterocycles. The van der Waals surface area contributed by atoms with Crippen LogP contribution in [0.15, 0.2) is 30.3 Å². The molecule has 0 aliphatic carbocycles. The smallest absolute Gasteiger partial charge is 0.184 e. The van der Waals surface area contributed by atoms with Crippen molar-refractivity contribution in [2.45, 2.75) is 6.92 Å². The molecule has 0 unspecified atom stereocenters. The van der Waals surface area contributed by atoms with Gasteiger partial charge in [-0.3, -0.25) is 4.57 Å². The number of rotatable bonds is 1. The highest BCUT2D eigenvalue weighted by Crippen LogP contribution is 2.27. The molecule has 0 aliphatic rings. The summed E-state index contributed by atoms with van der Waals surface area (Å²) in [4.78, 5) is 7.62. The van der Waals surface area contributed by atoms with E-state index >= 15 is 0 Å². The quantitative estimate of drug-likeness (QED) is 0.661. The fourth-order valence-corrected chi connectivity index (χ4v) is 2.62. The summed E-state index contributed by atoms with van der Waals surface area (Å²) in [5.41, 5.74) is 3.25. The Bertz CT molecular complexity index is 836. The Morgan fingerprint density at radius 3 is 2.79 bits per heavy atom. The molecule has 0 saturated heterocycles. The largest absolute Gasteiger partial charge is 0.329 e. The average Bonchev–Trinajstić information content (AvgIpc) is 2.68. The SMILES string of the molecule is Cc1ccc2[nH]c(=S)n(-c3cc(Cl)ccc3Cl)c2n1. The van der Waals surface area contributed by atoms with Crippen LogP contribution in [0, 0.1) is 11.7 Å². The zero-order chi connectivity index (χ0) is 13.6. The van der Waals surface area contributed by atoms with Crippen molar-refractivity contribution in [1.29, 1.82) is 0 Å². The van der Waals surface area contributed by atoms with Crippen molar-refractivity contribution in [3.05, 3.63) is 50.8 Å². The van der Waals surface area contributed by atoms with Gasteiger partial charge in [0.05, 0.1) is 16.2 Å². The number of imidazole rings is 1. The lowest BCUT2D eigenvalue weighted by Gasteiger charge is -2.07. The number of H-pyrrole nitrogens is 1. The first-order valence-corrected chi connectivity index (χ1v) is 6.76. The van der Waals surface area contributed by atoms with Crippen LogP contribution < -0.4 is 0 Å². The number of hydrogen-bond acceptors (Lipinski definition) is 2. The zero-order valence-corrected chi connectivity index (χ0v) is 12.3. The third-order valence-corrected chi connectivity index (χ3v) is 3.66. The molecule has 2 aromatic heterocycles. The van der Waals surface area contributed by atoms with E-state index in [-0.39, 0.29) is 0 Å². The number of fused-ring (bicyclic) bond motifs is 1. The zero-order valence-electron chi connectivity index (χ0n) is 9.95. The fourth-order valence-electron chi connectivity index (χ4n) is 1.96. The lowest BCUT2D eigenvalue weighted by molar-refractivity contribution is 1.04. The Morgan fingerprint density at radius 2 is 2.00 bits per heavy atom. The second kappa shape index (κ2) is 4.63. The van der Waals surface area contributed by atoms with Crippen LogP contribution in [0.3, 0.4) is 0 Å². The first-order chi connectivity index (χ1) is 9.06. The molecular formula is C13H9Cl2N3S. The third-order valence-electron chi connectivity index (χ3n) is 2.82. The van der Waals surface area contributed by atoms with Gasteiger partial charge >= 0.3 is 0 Å². The number of nitrogens with one attached hydrogen (secondary N) is 1. The van der Waals surface area contributed by atoms with Gasteiger partial charge in [-0.1, -0.05) is 23.2 Å².